The molecule has 2 heterocycles. The Balaban J connectivity index is 1.46. The lowest BCUT2D eigenvalue weighted by Gasteiger charge is -2.08. The third kappa shape index (κ3) is 4.42. The number of hydrogen-bond acceptors (Lipinski definition) is 5. The highest BCUT2D eigenvalue weighted by molar-refractivity contribution is 7.09. The first-order valence-electron chi connectivity index (χ1n) is 7.91. The van der Waals surface area contributed by atoms with Crippen molar-refractivity contribution in [3.63, 3.8) is 0 Å². The largest absolute Gasteiger partial charge is 0.352 e. The molecule has 0 radical (unpaired) electrons. The van der Waals surface area contributed by atoms with Gasteiger partial charge in [-0.05, 0) is 18.9 Å². The first kappa shape index (κ1) is 17.1. The number of nitrogens with zero attached hydrogens (tertiary/aromatic N) is 1. The Bertz CT molecular complexity index is 800. The maximum absolute atomic E-state index is 11.9. The van der Waals surface area contributed by atoms with E-state index in [-0.39, 0.29) is 24.7 Å². The Labute approximate surface area is 148 Å². The molecule has 3 N–H and O–H groups in total. The molecule has 0 unspecified atom stereocenters. The van der Waals surface area contributed by atoms with Gasteiger partial charge >= 0.3 is 6.03 Å². The van der Waals surface area contributed by atoms with E-state index in [1.165, 1.54) is 0 Å². The van der Waals surface area contributed by atoms with E-state index in [0.717, 1.165) is 21.8 Å². The average molecular weight is 358 g/mol. The summed E-state index contributed by atoms with van der Waals surface area (Å²) in [6.07, 6.45) is 0.458. The van der Waals surface area contributed by atoms with Crippen LogP contribution in [-0.4, -0.2) is 28.9 Å². The fraction of sp³-hybridized carbons (Fsp3) is 0.294. The normalized spacial score (nSPS) is 16.4. The first-order chi connectivity index (χ1) is 12.0. The quantitative estimate of drug-likeness (QED) is 0.685. The topological polar surface area (TPSA) is 100 Å². The molecule has 1 atom stereocenters. The third-order valence-electron chi connectivity index (χ3n) is 3.88. The lowest BCUT2D eigenvalue weighted by molar-refractivity contribution is -0.122. The fourth-order valence-electron chi connectivity index (χ4n) is 2.52. The van der Waals surface area contributed by atoms with Gasteiger partial charge in [-0.3, -0.25) is 14.9 Å². The summed E-state index contributed by atoms with van der Waals surface area (Å²) in [5.41, 5.74) is 2.98. The summed E-state index contributed by atoms with van der Waals surface area (Å²) in [6, 6.07) is 6.73. The predicted octanol–water partition coefficient (Wildman–Crippen LogP) is 1.72. The van der Waals surface area contributed by atoms with Gasteiger partial charge in [-0.2, -0.15) is 0 Å². The molecule has 1 aliphatic heterocycles. The van der Waals surface area contributed by atoms with Gasteiger partial charge < -0.3 is 10.6 Å². The molecular weight excluding hydrogens is 340 g/mol. The minimum absolute atomic E-state index is 0.159. The second kappa shape index (κ2) is 7.43. The number of hydrogen-bond donors (Lipinski definition) is 3. The molecule has 130 valence electrons. The zero-order valence-corrected chi connectivity index (χ0v) is 14.5. The van der Waals surface area contributed by atoms with Crippen molar-refractivity contribution >= 4 is 29.2 Å². The maximum atomic E-state index is 11.9. The lowest BCUT2D eigenvalue weighted by Crippen LogP contribution is -2.31. The number of benzene rings is 1. The Kier molecular flexibility index (Phi) is 5.08. The van der Waals surface area contributed by atoms with Gasteiger partial charge in [-0.1, -0.05) is 24.3 Å². The van der Waals surface area contributed by atoms with Crippen molar-refractivity contribution in [2.24, 2.45) is 0 Å². The van der Waals surface area contributed by atoms with E-state index in [1.54, 1.807) is 11.3 Å². The van der Waals surface area contributed by atoms with Crippen LogP contribution in [0, 0.1) is 6.92 Å². The van der Waals surface area contributed by atoms with Gasteiger partial charge in [0.05, 0.1) is 10.7 Å². The summed E-state index contributed by atoms with van der Waals surface area (Å²) in [5.74, 6) is -0.543. The zero-order valence-electron chi connectivity index (χ0n) is 13.7. The summed E-state index contributed by atoms with van der Waals surface area (Å²) in [6.45, 7) is 2.39. The van der Waals surface area contributed by atoms with Gasteiger partial charge in [0.25, 0.3) is 5.91 Å². The summed E-state index contributed by atoms with van der Waals surface area (Å²) in [4.78, 5) is 38.7. The number of carbonyl (C=O) groups excluding carboxylic acids is 3. The summed E-state index contributed by atoms with van der Waals surface area (Å²) >= 11 is 1.61. The average Bonchev–Trinajstić information content (AvgIpc) is 3.16. The lowest BCUT2D eigenvalue weighted by atomic mass is 10.1. The van der Waals surface area contributed by atoms with Crippen LogP contribution in [0.3, 0.4) is 0 Å². The highest BCUT2D eigenvalue weighted by Crippen LogP contribution is 2.21. The van der Waals surface area contributed by atoms with Crippen LogP contribution < -0.4 is 16.0 Å². The van der Waals surface area contributed by atoms with Crippen molar-refractivity contribution in [3.8, 4) is 11.3 Å². The van der Waals surface area contributed by atoms with Gasteiger partial charge in [0.15, 0.2) is 0 Å². The Morgan fingerprint density at radius 1 is 1.28 bits per heavy atom. The highest BCUT2D eigenvalue weighted by atomic mass is 32.1. The molecule has 1 aromatic carbocycles. The molecule has 1 aliphatic rings. The molecule has 0 spiro atoms. The molecule has 0 saturated carbocycles. The van der Waals surface area contributed by atoms with Crippen LogP contribution in [0.5, 0.6) is 0 Å². The number of rotatable bonds is 6. The second-order valence-corrected chi connectivity index (χ2v) is 6.84. The molecule has 2 aromatic rings. The maximum Gasteiger partial charge on any atom is 0.322 e. The van der Waals surface area contributed by atoms with E-state index in [4.69, 9.17) is 0 Å². The number of amides is 4. The van der Waals surface area contributed by atoms with E-state index >= 15 is 0 Å². The monoisotopic (exact) mass is 358 g/mol. The third-order valence-corrected chi connectivity index (χ3v) is 4.65. The van der Waals surface area contributed by atoms with Crippen molar-refractivity contribution in [1.29, 1.82) is 0 Å². The van der Waals surface area contributed by atoms with E-state index in [1.807, 2.05) is 36.6 Å². The SMILES string of the molecule is Cc1nc(-c2ccc(CNC(=O)CC[C@@H]3NC(=O)NC3=O)cc2)cs1. The molecule has 7 nitrogen and oxygen atoms in total. The van der Waals surface area contributed by atoms with Crippen molar-refractivity contribution in [1.82, 2.24) is 20.9 Å². The van der Waals surface area contributed by atoms with Crippen molar-refractivity contribution in [2.45, 2.75) is 32.4 Å². The number of imide groups is 1. The number of aromatic nitrogens is 1. The standard InChI is InChI=1S/C17H18N4O3S/c1-10-19-14(9-25-10)12-4-2-11(3-5-12)8-18-15(22)7-6-13-16(23)21-17(24)20-13/h2-5,9,13H,6-8H2,1H3,(H,18,22)(H2,20,21,23,24)/t13-/m0/s1. The van der Waals surface area contributed by atoms with Gasteiger partial charge in [-0.25, -0.2) is 9.78 Å². The van der Waals surface area contributed by atoms with Crippen LogP contribution in [-0.2, 0) is 16.1 Å². The molecule has 4 amide bonds. The molecule has 1 aromatic heterocycles. The van der Waals surface area contributed by atoms with Crippen LogP contribution in [0.1, 0.15) is 23.4 Å². The van der Waals surface area contributed by atoms with Gasteiger partial charge in [-0.15, -0.1) is 11.3 Å². The molecule has 8 heteroatoms. The van der Waals surface area contributed by atoms with Crippen molar-refractivity contribution in [2.75, 3.05) is 0 Å². The zero-order chi connectivity index (χ0) is 17.8. The molecule has 0 aliphatic carbocycles. The summed E-state index contributed by atoms with van der Waals surface area (Å²) in [7, 11) is 0. The predicted molar refractivity (Wildman–Crippen MR) is 93.8 cm³/mol. The van der Waals surface area contributed by atoms with Gasteiger partial charge in [0.2, 0.25) is 5.91 Å². The van der Waals surface area contributed by atoms with Crippen LogP contribution >= 0.6 is 11.3 Å². The van der Waals surface area contributed by atoms with Crippen LogP contribution in [0.25, 0.3) is 11.3 Å². The van der Waals surface area contributed by atoms with Gasteiger partial charge in [0, 0.05) is 23.9 Å². The molecule has 0 bridgehead atoms. The van der Waals surface area contributed by atoms with E-state index < -0.39 is 12.1 Å². The summed E-state index contributed by atoms with van der Waals surface area (Å²) < 4.78 is 0. The van der Waals surface area contributed by atoms with Crippen LogP contribution in [0.4, 0.5) is 4.79 Å². The van der Waals surface area contributed by atoms with Gasteiger partial charge in [0.1, 0.15) is 6.04 Å². The number of carbonyl (C=O) groups is 3. The smallest absolute Gasteiger partial charge is 0.322 e. The number of nitrogens with one attached hydrogen (secondary N) is 3. The summed E-state index contributed by atoms with van der Waals surface area (Å²) in [5, 5.41) is 10.5. The fourth-order valence-corrected chi connectivity index (χ4v) is 3.14. The Hall–Kier alpha value is -2.74. The number of urea groups is 1. The Morgan fingerprint density at radius 2 is 2.04 bits per heavy atom. The molecule has 1 fully saturated rings. The van der Waals surface area contributed by atoms with Crippen molar-refractivity contribution in [3.05, 3.63) is 40.2 Å². The number of thiazole rings is 1. The van der Waals surface area contributed by atoms with E-state index in [0.29, 0.717) is 6.54 Å². The van der Waals surface area contributed by atoms with E-state index in [9.17, 15) is 14.4 Å². The molecular formula is C17H18N4O3S. The van der Waals surface area contributed by atoms with Crippen molar-refractivity contribution < 1.29 is 14.4 Å². The van der Waals surface area contributed by atoms with Crippen LogP contribution in [0.2, 0.25) is 0 Å². The minimum atomic E-state index is -0.626. The van der Waals surface area contributed by atoms with Crippen LogP contribution in [0.15, 0.2) is 29.6 Å². The number of aryl methyl sites for hydroxylation is 1. The van der Waals surface area contributed by atoms with E-state index in [2.05, 4.69) is 20.9 Å². The molecule has 3 rings (SSSR count). The second-order valence-electron chi connectivity index (χ2n) is 5.78. The Morgan fingerprint density at radius 3 is 2.64 bits per heavy atom. The first-order valence-corrected chi connectivity index (χ1v) is 8.79. The minimum Gasteiger partial charge on any atom is -0.352 e. The molecule has 25 heavy (non-hydrogen) atoms. The molecule has 1 saturated heterocycles. The highest BCUT2D eigenvalue weighted by Gasteiger charge is 2.29.